The lowest BCUT2D eigenvalue weighted by molar-refractivity contribution is -0.145. The van der Waals surface area contributed by atoms with Crippen molar-refractivity contribution in [2.24, 2.45) is 0 Å². The Morgan fingerprint density at radius 1 is 1.32 bits per heavy atom. The van der Waals surface area contributed by atoms with E-state index in [0.717, 1.165) is 15.2 Å². The Morgan fingerprint density at radius 3 is 2.74 bits per heavy atom. The maximum Gasteiger partial charge on any atom is 0.320 e. The van der Waals surface area contributed by atoms with E-state index in [1.54, 1.807) is 6.92 Å². The molecule has 0 aliphatic heterocycles. The van der Waals surface area contributed by atoms with Crippen molar-refractivity contribution in [1.29, 1.82) is 0 Å². The van der Waals surface area contributed by atoms with Gasteiger partial charge in [-0.1, -0.05) is 46.3 Å². The standard InChI is InChI=1S/C15H13BrO3/c1-2-19-15(18)12(9-17)14-11-6-4-3-5-10(11)7-8-13(14)16/h3-9,12H,2H2,1H3. The molecule has 0 aliphatic rings. The number of rotatable bonds is 4. The van der Waals surface area contributed by atoms with Gasteiger partial charge in [0, 0.05) is 4.47 Å². The van der Waals surface area contributed by atoms with Gasteiger partial charge in [-0.05, 0) is 29.3 Å². The number of aldehydes is 1. The first kappa shape index (κ1) is 13.7. The Hall–Kier alpha value is -1.68. The van der Waals surface area contributed by atoms with Crippen molar-refractivity contribution < 1.29 is 14.3 Å². The van der Waals surface area contributed by atoms with Gasteiger partial charge in [0.25, 0.3) is 0 Å². The molecule has 3 nitrogen and oxygen atoms in total. The van der Waals surface area contributed by atoms with Crippen LogP contribution in [0.5, 0.6) is 0 Å². The highest BCUT2D eigenvalue weighted by Gasteiger charge is 2.25. The Morgan fingerprint density at radius 2 is 2.05 bits per heavy atom. The van der Waals surface area contributed by atoms with Crippen LogP contribution in [0, 0.1) is 0 Å². The molecule has 0 radical (unpaired) electrons. The first-order valence-corrected chi connectivity index (χ1v) is 6.77. The number of esters is 1. The third kappa shape index (κ3) is 2.68. The first-order chi connectivity index (χ1) is 9.19. The maximum absolute atomic E-state index is 11.9. The van der Waals surface area contributed by atoms with Crippen LogP contribution >= 0.6 is 15.9 Å². The van der Waals surface area contributed by atoms with E-state index in [4.69, 9.17) is 4.74 Å². The predicted octanol–water partition coefficient (Wildman–Crippen LogP) is 3.45. The van der Waals surface area contributed by atoms with E-state index >= 15 is 0 Å². The maximum atomic E-state index is 11.9. The number of hydrogen-bond acceptors (Lipinski definition) is 3. The molecular formula is C15H13BrO3. The first-order valence-electron chi connectivity index (χ1n) is 5.98. The van der Waals surface area contributed by atoms with Gasteiger partial charge < -0.3 is 9.53 Å². The van der Waals surface area contributed by atoms with Gasteiger partial charge in [0.05, 0.1) is 6.61 Å². The van der Waals surface area contributed by atoms with E-state index in [9.17, 15) is 9.59 Å². The fourth-order valence-electron chi connectivity index (χ4n) is 2.06. The van der Waals surface area contributed by atoms with Gasteiger partial charge in [-0.3, -0.25) is 4.79 Å². The van der Waals surface area contributed by atoms with Crippen LogP contribution in [0.2, 0.25) is 0 Å². The minimum absolute atomic E-state index is 0.256. The molecule has 0 N–H and O–H groups in total. The molecule has 0 spiro atoms. The molecule has 2 rings (SSSR count). The van der Waals surface area contributed by atoms with E-state index in [-0.39, 0.29) is 6.61 Å². The van der Waals surface area contributed by atoms with Gasteiger partial charge in [0.1, 0.15) is 12.2 Å². The summed E-state index contributed by atoms with van der Waals surface area (Å²) in [7, 11) is 0. The molecule has 2 aromatic rings. The molecule has 1 unspecified atom stereocenters. The van der Waals surface area contributed by atoms with Crippen LogP contribution in [-0.4, -0.2) is 18.9 Å². The van der Waals surface area contributed by atoms with Crippen molar-refractivity contribution in [3.63, 3.8) is 0 Å². The average molecular weight is 321 g/mol. The highest BCUT2D eigenvalue weighted by molar-refractivity contribution is 9.10. The van der Waals surface area contributed by atoms with Gasteiger partial charge in [0.2, 0.25) is 0 Å². The molecule has 2 aromatic carbocycles. The smallest absolute Gasteiger partial charge is 0.320 e. The number of carbonyl (C=O) groups excluding carboxylic acids is 2. The monoisotopic (exact) mass is 320 g/mol. The number of carbonyl (C=O) groups is 2. The number of ether oxygens (including phenoxy) is 1. The average Bonchev–Trinajstić information content (AvgIpc) is 2.42. The van der Waals surface area contributed by atoms with E-state index in [1.165, 1.54) is 0 Å². The molecule has 1 atom stereocenters. The van der Waals surface area contributed by atoms with Crippen LogP contribution < -0.4 is 0 Å². The highest BCUT2D eigenvalue weighted by atomic mass is 79.9. The van der Waals surface area contributed by atoms with Crippen LogP contribution in [0.15, 0.2) is 40.9 Å². The SMILES string of the molecule is CCOC(=O)C(C=O)c1c(Br)ccc2ccccc12. The molecule has 19 heavy (non-hydrogen) atoms. The van der Waals surface area contributed by atoms with Crippen LogP contribution in [0.3, 0.4) is 0 Å². The van der Waals surface area contributed by atoms with Gasteiger partial charge >= 0.3 is 5.97 Å². The van der Waals surface area contributed by atoms with E-state index in [1.807, 2.05) is 36.4 Å². The zero-order valence-corrected chi connectivity index (χ0v) is 12.0. The fraction of sp³-hybridized carbons (Fsp3) is 0.200. The minimum atomic E-state index is -0.902. The van der Waals surface area contributed by atoms with Gasteiger partial charge in [0.15, 0.2) is 0 Å². The lowest BCUT2D eigenvalue weighted by Crippen LogP contribution is -2.18. The summed E-state index contributed by atoms with van der Waals surface area (Å²) in [6, 6.07) is 11.4. The summed E-state index contributed by atoms with van der Waals surface area (Å²) in [6.07, 6.45) is 0.629. The number of halogens is 1. The number of fused-ring (bicyclic) bond motifs is 1. The summed E-state index contributed by atoms with van der Waals surface area (Å²) < 4.78 is 5.69. The molecule has 4 heteroatoms. The zero-order valence-electron chi connectivity index (χ0n) is 10.4. The van der Waals surface area contributed by atoms with Crippen LogP contribution in [0.4, 0.5) is 0 Å². The van der Waals surface area contributed by atoms with Crippen molar-refractivity contribution in [2.75, 3.05) is 6.61 Å². The second-order valence-corrected chi connectivity index (χ2v) is 4.90. The Bertz CT molecular complexity index is 622. The van der Waals surface area contributed by atoms with Crippen LogP contribution in [0.1, 0.15) is 18.4 Å². The molecule has 0 saturated heterocycles. The molecule has 0 aliphatic carbocycles. The van der Waals surface area contributed by atoms with Crippen LogP contribution in [0.25, 0.3) is 10.8 Å². The molecule has 0 aromatic heterocycles. The summed E-state index contributed by atoms with van der Waals surface area (Å²) in [5.41, 5.74) is 0.659. The van der Waals surface area contributed by atoms with Crippen molar-refractivity contribution in [3.05, 3.63) is 46.4 Å². The zero-order chi connectivity index (χ0) is 13.8. The van der Waals surface area contributed by atoms with E-state index < -0.39 is 11.9 Å². The number of benzene rings is 2. The van der Waals surface area contributed by atoms with E-state index in [0.29, 0.717) is 11.8 Å². The van der Waals surface area contributed by atoms with Gasteiger partial charge in [-0.15, -0.1) is 0 Å². The third-order valence-electron chi connectivity index (χ3n) is 2.91. The molecular weight excluding hydrogens is 308 g/mol. The number of hydrogen-bond donors (Lipinski definition) is 0. The summed E-state index contributed by atoms with van der Waals surface area (Å²) in [5, 5.41) is 1.86. The largest absolute Gasteiger partial charge is 0.465 e. The summed E-state index contributed by atoms with van der Waals surface area (Å²) in [5.74, 6) is -1.42. The summed E-state index contributed by atoms with van der Waals surface area (Å²) in [4.78, 5) is 23.2. The molecule has 0 heterocycles. The van der Waals surface area contributed by atoms with Crippen molar-refractivity contribution in [2.45, 2.75) is 12.8 Å². The lowest BCUT2D eigenvalue weighted by atomic mass is 9.94. The molecule has 0 amide bonds. The Balaban J connectivity index is 2.62. The molecule has 0 fully saturated rings. The fourth-order valence-corrected chi connectivity index (χ4v) is 2.65. The van der Waals surface area contributed by atoms with Crippen molar-refractivity contribution in [1.82, 2.24) is 0 Å². The predicted molar refractivity (Wildman–Crippen MR) is 77.1 cm³/mol. The molecule has 98 valence electrons. The topological polar surface area (TPSA) is 43.4 Å². The molecule has 0 bridgehead atoms. The van der Waals surface area contributed by atoms with Gasteiger partial charge in [-0.2, -0.15) is 0 Å². The third-order valence-corrected chi connectivity index (χ3v) is 3.60. The minimum Gasteiger partial charge on any atom is -0.465 e. The van der Waals surface area contributed by atoms with Crippen LogP contribution in [-0.2, 0) is 14.3 Å². The summed E-state index contributed by atoms with van der Waals surface area (Å²) >= 11 is 3.41. The van der Waals surface area contributed by atoms with Gasteiger partial charge in [-0.25, -0.2) is 0 Å². The second kappa shape index (κ2) is 5.97. The lowest BCUT2D eigenvalue weighted by Gasteiger charge is -2.14. The van der Waals surface area contributed by atoms with E-state index in [2.05, 4.69) is 15.9 Å². The summed E-state index contributed by atoms with van der Waals surface area (Å²) in [6.45, 7) is 1.98. The molecule has 0 saturated carbocycles. The Kier molecular flexibility index (Phi) is 4.32. The quantitative estimate of drug-likeness (QED) is 0.492. The normalized spacial score (nSPS) is 12.1. The van der Waals surface area contributed by atoms with Crippen molar-refractivity contribution in [3.8, 4) is 0 Å². The highest BCUT2D eigenvalue weighted by Crippen LogP contribution is 2.32. The second-order valence-electron chi connectivity index (χ2n) is 4.05. The Labute approximate surface area is 119 Å². The van der Waals surface area contributed by atoms with Crippen molar-refractivity contribution >= 4 is 39.0 Å².